The minimum Gasteiger partial charge on any atom is -0.481 e. The summed E-state index contributed by atoms with van der Waals surface area (Å²) in [6, 6.07) is 6.76. The van der Waals surface area contributed by atoms with Crippen molar-refractivity contribution < 1.29 is 19.5 Å². The fraction of sp³-hybridized carbons (Fsp3) is 0.400. The predicted octanol–water partition coefficient (Wildman–Crippen LogP) is 1.26. The minimum atomic E-state index is -0.987. The largest absolute Gasteiger partial charge is 0.481 e. The lowest BCUT2D eigenvalue weighted by Gasteiger charge is -2.19. The Kier molecular flexibility index (Phi) is 4.57. The first-order valence-electron chi connectivity index (χ1n) is 6.95. The van der Waals surface area contributed by atoms with Crippen LogP contribution in [0.3, 0.4) is 0 Å². The number of nitrogens with zero attached hydrogens (tertiary/aromatic N) is 1. The average molecular weight is 290 g/mol. The molecule has 0 saturated carbocycles. The fourth-order valence-electron chi connectivity index (χ4n) is 2.34. The zero-order valence-corrected chi connectivity index (χ0v) is 11.8. The summed E-state index contributed by atoms with van der Waals surface area (Å²) in [4.78, 5) is 36.6. The SMILES string of the molecule is CCCNC(=O)c1ccccc1N1CC(C(=O)O)CC1=O. The van der Waals surface area contributed by atoms with Crippen LogP contribution in [0.25, 0.3) is 0 Å². The van der Waals surface area contributed by atoms with Crippen LogP contribution in [-0.2, 0) is 9.59 Å². The number of hydrogen-bond donors (Lipinski definition) is 2. The zero-order valence-electron chi connectivity index (χ0n) is 11.8. The van der Waals surface area contributed by atoms with E-state index in [1.807, 2.05) is 6.92 Å². The van der Waals surface area contributed by atoms with Gasteiger partial charge in [0.25, 0.3) is 5.91 Å². The van der Waals surface area contributed by atoms with Crippen molar-refractivity contribution in [3.05, 3.63) is 29.8 Å². The van der Waals surface area contributed by atoms with E-state index in [1.54, 1.807) is 24.3 Å². The Hall–Kier alpha value is -2.37. The molecule has 2 rings (SSSR count). The van der Waals surface area contributed by atoms with Gasteiger partial charge < -0.3 is 15.3 Å². The summed E-state index contributed by atoms with van der Waals surface area (Å²) in [5, 5.41) is 11.8. The van der Waals surface area contributed by atoms with Gasteiger partial charge in [0.05, 0.1) is 17.2 Å². The summed E-state index contributed by atoms with van der Waals surface area (Å²) >= 11 is 0. The lowest BCUT2D eigenvalue weighted by molar-refractivity contribution is -0.141. The molecule has 112 valence electrons. The molecule has 0 aliphatic carbocycles. The molecular formula is C15H18N2O4. The number of carbonyl (C=O) groups excluding carboxylic acids is 2. The van der Waals surface area contributed by atoms with Crippen molar-refractivity contribution in [2.45, 2.75) is 19.8 Å². The van der Waals surface area contributed by atoms with E-state index in [4.69, 9.17) is 5.11 Å². The van der Waals surface area contributed by atoms with Gasteiger partial charge in [-0.05, 0) is 18.6 Å². The standard InChI is InChI=1S/C15H18N2O4/c1-2-7-16-14(19)11-5-3-4-6-12(11)17-9-10(15(20)21)8-13(17)18/h3-6,10H,2,7-9H2,1H3,(H,16,19)(H,20,21). The van der Waals surface area contributed by atoms with Gasteiger partial charge in [-0.2, -0.15) is 0 Å². The van der Waals surface area contributed by atoms with E-state index < -0.39 is 11.9 Å². The van der Waals surface area contributed by atoms with Crippen molar-refractivity contribution in [1.29, 1.82) is 0 Å². The van der Waals surface area contributed by atoms with Gasteiger partial charge in [-0.3, -0.25) is 14.4 Å². The second kappa shape index (κ2) is 6.39. The first-order chi connectivity index (χ1) is 10.0. The number of carboxylic acids is 1. The Bertz CT molecular complexity index is 571. The quantitative estimate of drug-likeness (QED) is 0.855. The van der Waals surface area contributed by atoms with E-state index in [1.165, 1.54) is 4.90 Å². The highest BCUT2D eigenvalue weighted by atomic mass is 16.4. The molecule has 1 aliphatic heterocycles. The van der Waals surface area contributed by atoms with Crippen LogP contribution < -0.4 is 10.2 Å². The second-order valence-corrected chi connectivity index (χ2v) is 5.02. The fourth-order valence-corrected chi connectivity index (χ4v) is 2.34. The molecule has 1 unspecified atom stereocenters. The molecule has 0 spiro atoms. The molecule has 1 aliphatic rings. The van der Waals surface area contributed by atoms with Crippen LogP contribution in [0, 0.1) is 5.92 Å². The van der Waals surface area contributed by atoms with Crippen LogP contribution in [0.1, 0.15) is 30.1 Å². The zero-order chi connectivity index (χ0) is 15.4. The third-order valence-electron chi connectivity index (χ3n) is 3.45. The number of aliphatic carboxylic acids is 1. The Labute approximate surface area is 122 Å². The number of rotatable bonds is 5. The Morgan fingerprint density at radius 3 is 2.71 bits per heavy atom. The van der Waals surface area contributed by atoms with Crippen molar-refractivity contribution in [3.63, 3.8) is 0 Å². The molecule has 2 N–H and O–H groups in total. The number of anilines is 1. The summed E-state index contributed by atoms with van der Waals surface area (Å²) in [5.41, 5.74) is 0.866. The molecule has 1 atom stereocenters. The number of hydrogen-bond acceptors (Lipinski definition) is 3. The van der Waals surface area contributed by atoms with E-state index in [0.29, 0.717) is 17.8 Å². The molecule has 6 heteroatoms. The number of carboxylic acid groups (broad SMARTS) is 1. The summed E-state index contributed by atoms with van der Waals surface area (Å²) in [6.07, 6.45) is 0.790. The normalized spacial score (nSPS) is 17.9. The number of carbonyl (C=O) groups is 3. The molecule has 21 heavy (non-hydrogen) atoms. The van der Waals surface area contributed by atoms with Crippen molar-refractivity contribution in [3.8, 4) is 0 Å². The van der Waals surface area contributed by atoms with Gasteiger partial charge in [0, 0.05) is 19.5 Å². The van der Waals surface area contributed by atoms with E-state index in [2.05, 4.69) is 5.32 Å². The van der Waals surface area contributed by atoms with E-state index in [0.717, 1.165) is 6.42 Å². The number of nitrogens with one attached hydrogen (secondary N) is 1. The second-order valence-electron chi connectivity index (χ2n) is 5.02. The molecule has 1 heterocycles. The van der Waals surface area contributed by atoms with Gasteiger partial charge in [0.2, 0.25) is 5.91 Å². The third kappa shape index (κ3) is 3.21. The maximum Gasteiger partial charge on any atom is 0.308 e. The summed E-state index contributed by atoms with van der Waals surface area (Å²) in [6.45, 7) is 2.61. The van der Waals surface area contributed by atoms with Crippen LogP contribution in [0.4, 0.5) is 5.69 Å². The Balaban J connectivity index is 2.26. The van der Waals surface area contributed by atoms with Crippen molar-refractivity contribution in [1.82, 2.24) is 5.32 Å². The highest BCUT2D eigenvalue weighted by molar-refractivity contribution is 6.06. The van der Waals surface area contributed by atoms with E-state index >= 15 is 0 Å². The minimum absolute atomic E-state index is 0.0275. The number of benzene rings is 1. The van der Waals surface area contributed by atoms with Crippen LogP contribution >= 0.6 is 0 Å². The average Bonchev–Trinajstić information content (AvgIpc) is 2.87. The first-order valence-corrected chi connectivity index (χ1v) is 6.95. The molecule has 0 aromatic heterocycles. The van der Waals surface area contributed by atoms with Crippen molar-refractivity contribution in [2.75, 3.05) is 18.0 Å². The first kappa shape index (κ1) is 15.0. The van der Waals surface area contributed by atoms with E-state index in [-0.39, 0.29) is 24.8 Å². The Morgan fingerprint density at radius 1 is 1.38 bits per heavy atom. The number of para-hydroxylation sites is 1. The molecule has 1 fully saturated rings. The molecule has 2 amide bonds. The van der Waals surface area contributed by atoms with Gasteiger partial charge in [0.15, 0.2) is 0 Å². The molecule has 0 bridgehead atoms. The summed E-state index contributed by atoms with van der Waals surface area (Å²) < 4.78 is 0. The summed E-state index contributed by atoms with van der Waals surface area (Å²) in [5.74, 6) is -2.22. The molecule has 6 nitrogen and oxygen atoms in total. The lowest BCUT2D eigenvalue weighted by Crippen LogP contribution is -2.30. The molecule has 1 saturated heterocycles. The van der Waals surface area contributed by atoms with Gasteiger partial charge in [-0.1, -0.05) is 19.1 Å². The lowest BCUT2D eigenvalue weighted by atomic mass is 10.1. The maximum absolute atomic E-state index is 12.1. The number of amides is 2. The monoisotopic (exact) mass is 290 g/mol. The van der Waals surface area contributed by atoms with Gasteiger partial charge in [-0.15, -0.1) is 0 Å². The molecular weight excluding hydrogens is 272 g/mol. The molecule has 0 radical (unpaired) electrons. The topological polar surface area (TPSA) is 86.7 Å². The van der Waals surface area contributed by atoms with Crippen LogP contribution in [0.15, 0.2) is 24.3 Å². The van der Waals surface area contributed by atoms with Crippen LogP contribution in [0.2, 0.25) is 0 Å². The van der Waals surface area contributed by atoms with Crippen molar-refractivity contribution in [2.24, 2.45) is 5.92 Å². The molecule has 1 aromatic carbocycles. The van der Waals surface area contributed by atoms with Gasteiger partial charge in [-0.25, -0.2) is 0 Å². The van der Waals surface area contributed by atoms with Crippen LogP contribution in [-0.4, -0.2) is 36.0 Å². The van der Waals surface area contributed by atoms with Gasteiger partial charge >= 0.3 is 5.97 Å². The highest BCUT2D eigenvalue weighted by Crippen LogP contribution is 2.28. The summed E-state index contributed by atoms with van der Waals surface area (Å²) in [7, 11) is 0. The predicted molar refractivity (Wildman–Crippen MR) is 77.2 cm³/mol. The smallest absolute Gasteiger partial charge is 0.308 e. The molecule has 1 aromatic rings. The van der Waals surface area contributed by atoms with E-state index in [9.17, 15) is 14.4 Å². The van der Waals surface area contributed by atoms with Crippen molar-refractivity contribution >= 4 is 23.5 Å². The Morgan fingerprint density at radius 2 is 2.10 bits per heavy atom. The van der Waals surface area contributed by atoms with Crippen LogP contribution in [0.5, 0.6) is 0 Å². The van der Waals surface area contributed by atoms with Gasteiger partial charge in [0.1, 0.15) is 0 Å². The maximum atomic E-state index is 12.1. The highest BCUT2D eigenvalue weighted by Gasteiger charge is 2.36. The third-order valence-corrected chi connectivity index (χ3v) is 3.45.